The first-order valence-electron chi connectivity index (χ1n) is 6.78. The van der Waals surface area contributed by atoms with Crippen LogP contribution in [-0.2, 0) is 16.1 Å². The Bertz CT molecular complexity index is 579. The molecule has 0 fully saturated rings. The number of hydrogen-bond donors (Lipinski definition) is 1. The number of hydrogen-bond acceptors (Lipinski definition) is 7. The summed E-state index contributed by atoms with van der Waals surface area (Å²) in [5, 5.41) is 11.0. The summed E-state index contributed by atoms with van der Waals surface area (Å²) >= 11 is 0. The van der Waals surface area contributed by atoms with Crippen molar-refractivity contribution in [2.45, 2.75) is 38.8 Å². The molecule has 2 aromatic rings. The number of rotatable bonds is 7. The first-order valence-corrected chi connectivity index (χ1v) is 6.78. The zero-order valence-corrected chi connectivity index (χ0v) is 12.4. The Morgan fingerprint density at radius 2 is 2.29 bits per heavy atom. The van der Waals surface area contributed by atoms with Crippen molar-refractivity contribution in [1.29, 1.82) is 0 Å². The van der Waals surface area contributed by atoms with E-state index in [-0.39, 0.29) is 12.5 Å². The molecule has 0 saturated carbocycles. The van der Waals surface area contributed by atoms with E-state index >= 15 is 0 Å². The van der Waals surface area contributed by atoms with E-state index in [0.29, 0.717) is 24.0 Å². The molecule has 0 radical (unpaired) electrons. The standard InChI is InChI=1S/C14H19N3O4/c1-4-7-14(2,13(18)19-3)15-9-11-16-17-12(21-11)10-6-5-8-20-10/h5-6,8,15H,4,7,9H2,1-3H3/t14-/m0/s1. The lowest BCUT2D eigenvalue weighted by atomic mass is 9.96. The van der Waals surface area contributed by atoms with Gasteiger partial charge in [-0.3, -0.25) is 10.1 Å². The summed E-state index contributed by atoms with van der Waals surface area (Å²) in [5.74, 6) is 0.896. The Kier molecular flexibility index (Phi) is 4.74. The Hall–Kier alpha value is -2.15. The van der Waals surface area contributed by atoms with Gasteiger partial charge in [-0.1, -0.05) is 13.3 Å². The van der Waals surface area contributed by atoms with Crippen LogP contribution in [-0.4, -0.2) is 28.8 Å². The van der Waals surface area contributed by atoms with Crippen LogP contribution in [0.3, 0.4) is 0 Å². The monoisotopic (exact) mass is 293 g/mol. The van der Waals surface area contributed by atoms with Gasteiger partial charge in [-0.25, -0.2) is 0 Å². The molecule has 2 rings (SSSR count). The fourth-order valence-corrected chi connectivity index (χ4v) is 2.08. The largest absolute Gasteiger partial charge is 0.468 e. The van der Waals surface area contributed by atoms with E-state index in [4.69, 9.17) is 13.6 Å². The van der Waals surface area contributed by atoms with Crippen molar-refractivity contribution in [1.82, 2.24) is 15.5 Å². The van der Waals surface area contributed by atoms with Crippen LogP contribution in [0.15, 0.2) is 27.2 Å². The van der Waals surface area contributed by atoms with Crippen LogP contribution in [0.2, 0.25) is 0 Å². The van der Waals surface area contributed by atoms with Crippen LogP contribution < -0.4 is 5.32 Å². The van der Waals surface area contributed by atoms with E-state index in [1.807, 2.05) is 6.92 Å². The summed E-state index contributed by atoms with van der Waals surface area (Å²) in [5.41, 5.74) is -0.775. The van der Waals surface area contributed by atoms with E-state index in [9.17, 15) is 4.79 Å². The van der Waals surface area contributed by atoms with Crippen molar-refractivity contribution in [2.24, 2.45) is 0 Å². The molecule has 0 bridgehead atoms. The number of nitrogens with one attached hydrogen (secondary N) is 1. The molecule has 0 aliphatic heterocycles. The van der Waals surface area contributed by atoms with Crippen molar-refractivity contribution in [3.8, 4) is 11.7 Å². The van der Waals surface area contributed by atoms with E-state index in [2.05, 4.69) is 15.5 Å². The van der Waals surface area contributed by atoms with Crippen LogP contribution in [0, 0.1) is 0 Å². The highest BCUT2D eigenvalue weighted by molar-refractivity contribution is 5.80. The number of carbonyl (C=O) groups is 1. The van der Waals surface area contributed by atoms with E-state index in [0.717, 1.165) is 6.42 Å². The molecule has 0 aliphatic carbocycles. The van der Waals surface area contributed by atoms with Crippen molar-refractivity contribution in [3.05, 3.63) is 24.3 Å². The van der Waals surface area contributed by atoms with Crippen LogP contribution in [0.25, 0.3) is 11.7 Å². The van der Waals surface area contributed by atoms with Gasteiger partial charge in [0.1, 0.15) is 5.54 Å². The van der Waals surface area contributed by atoms with E-state index in [1.165, 1.54) is 13.4 Å². The molecule has 0 saturated heterocycles. The quantitative estimate of drug-likeness (QED) is 0.782. The van der Waals surface area contributed by atoms with Gasteiger partial charge in [-0.05, 0) is 25.5 Å². The minimum atomic E-state index is -0.775. The summed E-state index contributed by atoms with van der Waals surface area (Å²) in [6.07, 6.45) is 3.03. The molecule has 0 unspecified atom stereocenters. The van der Waals surface area contributed by atoms with Gasteiger partial charge in [0.15, 0.2) is 5.76 Å². The van der Waals surface area contributed by atoms with Gasteiger partial charge >= 0.3 is 5.97 Å². The summed E-state index contributed by atoms with van der Waals surface area (Å²) < 4.78 is 15.5. The van der Waals surface area contributed by atoms with Crippen LogP contribution >= 0.6 is 0 Å². The second-order valence-electron chi connectivity index (χ2n) is 4.91. The van der Waals surface area contributed by atoms with Gasteiger partial charge in [0.05, 0.1) is 19.9 Å². The summed E-state index contributed by atoms with van der Waals surface area (Å²) in [6.45, 7) is 4.08. The maximum atomic E-state index is 11.9. The lowest BCUT2D eigenvalue weighted by molar-refractivity contribution is -0.148. The Morgan fingerprint density at radius 3 is 2.90 bits per heavy atom. The molecule has 0 aliphatic rings. The first kappa shape index (κ1) is 15.2. The highest BCUT2D eigenvalue weighted by Crippen LogP contribution is 2.19. The molecule has 0 aromatic carbocycles. The molecule has 2 heterocycles. The molecule has 7 nitrogen and oxygen atoms in total. The summed E-state index contributed by atoms with van der Waals surface area (Å²) in [4.78, 5) is 11.9. The third-order valence-corrected chi connectivity index (χ3v) is 3.21. The van der Waals surface area contributed by atoms with E-state index in [1.54, 1.807) is 19.1 Å². The molecule has 21 heavy (non-hydrogen) atoms. The minimum Gasteiger partial charge on any atom is -0.468 e. The van der Waals surface area contributed by atoms with Gasteiger partial charge in [0.25, 0.3) is 5.89 Å². The Balaban J connectivity index is 2.03. The maximum Gasteiger partial charge on any atom is 0.325 e. The average molecular weight is 293 g/mol. The zero-order chi connectivity index (χ0) is 15.3. The molecule has 2 aromatic heterocycles. The number of carbonyl (C=O) groups excluding carboxylic acids is 1. The fraction of sp³-hybridized carbons (Fsp3) is 0.500. The summed E-state index contributed by atoms with van der Waals surface area (Å²) in [6, 6.07) is 3.48. The number of ether oxygens (including phenoxy) is 1. The molecular weight excluding hydrogens is 274 g/mol. The minimum absolute atomic E-state index is 0.277. The number of furan rings is 1. The molecule has 114 valence electrons. The molecule has 1 N–H and O–H groups in total. The molecule has 7 heteroatoms. The molecule has 0 amide bonds. The van der Waals surface area contributed by atoms with Crippen molar-refractivity contribution >= 4 is 5.97 Å². The lowest BCUT2D eigenvalue weighted by Gasteiger charge is -2.26. The number of esters is 1. The normalized spacial score (nSPS) is 13.9. The van der Waals surface area contributed by atoms with Crippen LogP contribution in [0.4, 0.5) is 0 Å². The van der Waals surface area contributed by atoms with Crippen molar-refractivity contribution < 1.29 is 18.4 Å². The lowest BCUT2D eigenvalue weighted by Crippen LogP contribution is -2.49. The zero-order valence-electron chi connectivity index (χ0n) is 12.4. The highest BCUT2D eigenvalue weighted by atomic mass is 16.5. The van der Waals surface area contributed by atoms with Crippen LogP contribution in [0.5, 0.6) is 0 Å². The summed E-state index contributed by atoms with van der Waals surface area (Å²) in [7, 11) is 1.37. The fourth-order valence-electron chi connectivity index (χ4n) is 2.08. The van der Waals surface area contributed by atoms with Gasteiger partial charge < -0.3 is 13.6 Å². The smallest absolute Gasteiger partial charge is 0.325 e. The predicted octanol–water partition coefficient (Wildman–Crippen LogP) is 2.15. The van der Waals surface area contributed by atoms with Gasteiger partial charge in [0.2, 0.25) is 5.89 Å². The predicted molar refractivity (Wildman–Crippen MR) is 74.2 cm³/mol. The third kappa shape index (κ3) is 3.49. The second-order valence-corrected chi connectivity index (χ2v) is 4.91. The van der Waals surface area contributed by atoms with Crippen molar-refractivity contribution in [3.63, 3.8) is 0 Å². The van der Waals surface area contributed by atoms with Crippen molar-refractivity contribution in [2.75, 3.05) is 7.11 Å². The number of aromatic nitrogens is 2. The Labute approximate surface area is 122 Å². The van der Waals surface area contributed by atoms with Gasteiger partial charge in [0, 0.05) is 0 Å². The average Bonchev–Trinajstić information content (AvgIpc) is 3.15. The van der Waals surface area contributed by atoms with E-state index < -0.39 is 5.54 Å². The molecule has 0 spiro atoms. The topological polar surface area (TPSA) is 90.4 Å². The molecule has 1 atom stereocenters. The number of nitrogens with zero attached hydrogens (tertiary/aromatic N) is 2. The SMILES string of the molecule is CCC[C@](C)(NCc1nnc(-c2ccco2)o1)C(=O)OC. The van der Waals surface area contributed by atoms with Gasteiger partial charge in [-0.2, -0.15) is 0 Å². The number of methoxy groups -OCH3 is 1. The highest BCUT2D eigenvalue weighted by Gasteiger charge is 2.33. The van der Waals surface area contributed by atoms with Crippen LogP contribution in [0.1, 0.15) is 32.6 Å². The molecular formula is C14H19N3O4. The maximum absolute atomic E-state index is 11.9. The first-order chi connectivity index (χ1) is 10.1. The Morgan fingerprint density at radius 1 is 1.48 bits per heavy atom. The second kappa shape index (κ2) is 6.53. The third-order valence-electron chi connectivity index (χ3n) is 3.21. The van der Waals surface area contributed by atoms with Gasteiger partial charge in [-0.15, -0.1) is 10.2 Å².